The molecule has 3 aromatic rings. The number of hydrogen-bond acceptors (Lipinski definition) is 4. The Kier molecular flexibility index (Phi) is 7.97. The van der Waals surface area contributed by atoms with E-state index in [-0.39, 0.29) is 30.2 Å². The molecule has 0 saturated carbocycles. The third kappa shape index (κ3) is 6.77. The number of amides is 2. The van der Waals surface area contributed by atoms with Crippen molar-refractivity contribution in [1.29, 1.82) is 0 Å². The van der Waals surface area contributed by atoms with Crippen LogP contribution in [0.1, 0.15) is 48.3 Å². The van der Waals surface area contributed by atoms with Gasteiger partial charge in [0.15, 0.2) is 12.4 Å². The van der Waals surface area contributed by atoms with Crippen LogP contribution in [0, 0.1) is 0 Å². The van der Waals surface area contributed by atoms with Crippen molar-refractivity contribution in [2.75, 3.05) is 11.9 Å². The van der Waals surface area contributed by atoms with Gasteiger partial charge in [-0.05, 0) is 49.2 Å². The van der Waals surface area contributed by atoms with Crippen molar-refractivity contribution >= 4 is 23.3 Å². The molecule has 0 heterocycles. The van der Waals surface area contributed by atoms with Crippen LogP contribution in [-0.4, -0.2) is 29.1 Å². The highest BCUT2D eigenvalue weighted by Crippen LogP contribution is 2.25. The van der Waals surface area contributed by atoms with E-state index in [1.165, 1.54) is 13.8 Å². The lowest BCUT2D eigenvalue weighted by atomic mass is 10.0. The Morgan fingerprint density at radius 2 is 1.64 bits per heavy atom. The van der Waals surface area contributed by atoms with Crippen molar-refractivity contribution in [2.24, 2.45) is 0 Å². The number of carbonyl (C=O) groups is 3. The van der Waals surface area contributed by atoms with E-state index in [1.54, 1.807) is 29.2 Å². The fourth-order valence-corrected chi connectivity index (χ4v) is 3.51. The first-order valence-electron chi connectivity index (χ1n) is 10.8. The molecule has 6 heteroatoms. The van der Waals surface area contributed by atoms with Crippen LogP contribution in [0.15, 0.2) is 78.9 Å². The maximum Gasteiger partial charge on any atom is 0.261 e. The van der Waals surface area contributed by atoms with Crippen LogP contribution in [0.5, 0.6) is 5.75 Å². The number of carbonyl (C=O) groups excluding carboxylic acids is 3. The third-order valence-electron chi connectivity index (χ3n) is 5.28. The SMILES string of the molecule is CC(=O)Nc1cccc(C(C)N(Cc2ccccc2)C(=O)COc2cccc(C(C)=O)c2)c1. The van der Waals surface area contributed by atoms with Gasteiger partial charge in [-0.15, -0.1) is 0 Å². The lowest BCUT2D eigenvalue weighted by molar-refractivity contribution is -0.136. The van der Waals surface area contributed by atoms with Gasteiger partial charge in [-0.3, -0.25) is 14.4 Å². The molecule has 0 fully saturated rings. The summed E-state index contributed by atoms with van der Waals surface area (Å²) in [6, 6.07) is 23.7. The number of hydrogen-bond donors (Lipinski definition) is 1. The molecule has 1 unspecified atom stereocenters. The molecule has 0 aliphatic rings. The van der Waals surface area contributed by atoms with E-state index in [1.807, 2.05) is 61.5 Å². The summed E-state index contributed by atoms with van der Waals surface area (Å²) < 4.78 is 5.74. The fraction of sp³-hybridized carbons (Fsp3) is 0.222. The molecule has 3 aromatic carbocycles. The summed E-state index contributed by atoms with van der Waals surface area (Å²) in [5.74, 6) is 0.0592. The minimum Gasteiger partial charge on any atom is -0.484 e. The monoisotopic (exact) mass is 444 g/mol. The molecular formula is C27H28N2O4. The highest BCUT2D eigenvalue weighted by Gasteiger charge is 2.23. The van der Waals surface area contributed by atoms with E-state index in [4.69, 9.17) is 4.74 Å². The molecule has 0 aromatic heterocycles. The van der Waals surface area contributed by atoms with Crippen molar-refractivity contribution in [2.45, 2.75) is 33.4 Å². The van der Waals surface area contributed by atoms with Crippen LogP contribution < -0.4 is 10.1 Å². The second kappa shape index (κ2) is 11.1. The first-order valence-corrected chi connectivity index (χ1v) is 10.8. The highest BCUT2D eigenvalue weighted by molar-refractivity contribution is 5.94. The van der Waals surface area contributed by atoms with Crippen LogP contribution in [0.25, 0.3) is 0 Å². The van der Waals surface area contributed by atoms with Gasteiger partial charge in [0, 0.05) is 24.7 Å². The minimum atomic E-state index is -0.265. The molecule has 0 aliphatic heterocycles. The summed E-state index contributed by atoms with van der Waals surface area (Å²) in [6.07, 6.45) is 0. The quantitative estimate of drug-likeness (QED) is 0.471. The van der Waals surface area contributed by atoms with E-state index < -0.39 is 0 Å². The molecule has 6 nitrogen and oxygen atoms in total. The van der Waals surface area contributed by atoms with Crippen LogP contribution >= 0.6 is 0 Å². The summed E-state index contributed by atoms with van der Waals surface area (Å²) >= 11 is 0. The molecule has 0 radical (unpaired) electrons. The largest absolute Gasteiger partial charge is 0.484 e. The summed E-state index contributed by atoms with van der Waals surface area (Å²) in [4.78, 5) is 38.1. The second-order valence-electron chi connectivity index (χ2n) is 7.86. The smallest absolute Gasteiger partial charge is 0.261 e. The average Bonchev–Trinajstić information content (AvgIpc) is 2.81. The van der Waals surface area contributed by atoms with Crippen molar-refractivity contribution in [3.05, 3.63) is 95.6 Å². The molecule has 0 spiro atoms. The number of rotatable bonds is 9. The van der Waals surface area contributed by atoms with Crippen molar-refractivity contribution in [3.63, 3.8) is 0 Å². The second-order valence-corrected chi connectivity index (χ2v) is 7.86. The summed E-state index contributed by atoms with van der Waals surface area (Å²) in [5, 5.41) is 2.78. The number of ether oxygens (including phenoxy) is 1. The number of anilines is 1. The standard InChI is InChI=1S/C27H28N2O4/c1-19(23-11-7-13-25(15-23)28-21(3)31)29(17-22-9-5-4-6-10-22)27(32)18-33-26-14-8-12-24(16-26)20(2)30/h4-16,19H,17-18H2,1-3H3,(H,28,31). The zero-order valence-electron chi connectivity index (χ0n) is 19.1. The summed E-state index contributed by atoms with van der Waals surface area (Å²) in [7, 11) is 0. The number of benzene rings is 3. The Labute approximate surface area is 194 Å². The maximum absolute atomic E-state index is 13.3. The maximum atomic E-state index is 13.3. The number of nitrogens with one attached hydrogen (secondary N) is 1. The van der Waals surface area contributed by atoms with Gasteiger partial charge in [0.05, 0.1) is 6.04 Å². The van der Waals surface area contributed by atoms with E-state index in [2.05, 4.69) is 5.32 Å². The molecule has 0 saturated heterocycles. The van der Waals surface area contributed by atoms with E-state index in [0.717, 1.165) is 11.1 Å². The summed E-state index contributed by atoms with van der Waals surface area (Å²) in [6.45, 7) is 5.14. The number of nitrogens with zero attached hydrogens (tertiary/aromatic N) is 1. The van der Waals surface area contributed by atoms with Gasteiger partial charge in [0.1, 0.15) is 5.75 Å². The lowest BCUT2D eigenvalue weighted by Gasteiger charge is -2.30. The third-order valence-corrected chi connectivity index (χ3v) is 5.28. The molecule has 170 valence electrons. The number of ketones is 1. The van der Waals surface area contributed by atoms with Crippen LogP contribution in [0.2, 0.25) is 0 Å². The Morgan fingerprint density at radius 1 is 0.909 bits per heavy atom. The molecule has 1 atom stereocenters. The molecule has 1 N–H and O–H groups in total. The van der Waals surface area contributed by atoms with Crippen molar-refractivity contribution in [3.8, 4) is 5.75 Å². The normalized spacial score (nSPS) is 11.4. The van der Waals surface area contributed by atoms with Crippen LogP contribution in [0.3, 0.4) is 0 Å². The topological polar surface area (TPSA) is 75.7 Å². The average molecular weight is 445 g/mol. The number of Topliss-reactive ketones (excluding diaryl/α,β-unsaturated/α-hetero) is 1. The molecule has 3 rings (SSSR count). The molecule has 0 aliphatic carbocycles. The van der Waals surface area contributed by atoms with E-state index in [0.29, 0.717) is 23.5 Å². The van der Waals surface area contributed by atoms with E-state index >= 15 is 0 Å². The zero-order valence-corrected chi connectivity index (χ0v) is 19.1. The first kappa shape index (κ1) is 23.7. The van der Waals surface area contributed by atoms with E-state index in [9.17, 15) is 14.4 Å². The zero-order chi connectivity index (χ0) is 23.8. The van der Waals surface area contributed by atoms with Crippen LogP contribution in [-0.2, 0) is 16.1 Å². The van der Waals surface area contributed by atoms with Gasteiger partial charge in [0.2, 0.25) is 5.91 Å². The Morgan fingerprint density at radius 3 is 2.33 bits per heavy atom. The van der Waals surface area contributed by atoms with Gasteiger partial charge in [0.25, 0.3) is 5.91 Å². The Bertz CT molecular complexity index is 1130. The molecular weight excluding hydrogens is 416 g/mol. The minimum absolute atomic E-state index is 0.0647. The van der Waals surface area contributed by atoms with Crippen LogP contribution in [0.4, 0.5) is 5.69 Å². The summed E-state index contributed by atoms with van der Waals surface area (Å²) in [5.41, 5.74) is 3.10. The lowest BCUT2D eigenvalue weighted by Crippen LogP contribution is -2.36. The Hall–Kier alpha value is -3.93. The Balaban J connectivity index is 1.81. The van der Waals surface area contributed by atoms with Crippen molar-refractivity contribution < 1.29 is 19.1 Å². The van der Waals surface area contributed by atoms with Gasteiger partial charge in [-0.2, -0.15) is 0 Å². The van der Waals surface area contributed by atoms with Gasteiger partial charge >= 0.3 is 0 Å². The molecule has 2 amide bonds. The molecule has 0 bridgehead atoms. The van der Waals surface area contributed by atoms with Gasteiger partial charge < -0.3 is 15.0 Å². The van der Waals surface area contributed by atoms with Gasteiger partial charge in [-0.25, -0.2) is 0 Å². The highest BCUT2D eigenvalue weighted by atomic mass is 16.5. The fourth-order valence-electron chi connectivity index (χ4n) is 3.51. The predicted octanol–water partition coefficient (Wildman–Crippen LogP) is 5.02. The first-order chi connectivity index (χ1) is 15.8. The van der Waals surface area contributed by atoms with Crippen molar-refractivity contribution in [1.82, 2.24) is 4.90 Å². The van der Waals surface area contributed by atoms with Gasteiger partial charge in [-0.1, -0.05) is 54.6 Å². The predicted molar refractivity (Wildman–Crippen MR) is 128 cm³/mol. The molecule has 33 heavy (non-hydrogen) atoms.